The molecule has 0 bridgehead atoms. The second-order valence-electron chi connectivity index (χ2n) is 5.32. The first-order chi connectivity index (χ1) is 8.78. The molecule has 8 heteroatoms. The molecule has 4 nitrogen and oxygen atoms in total. The monoisotopic (exact) mass is 300 g/mol. The lowest BCUT2D eigenvalue weighted by atomic mass is 10.1. The molecule has 2 aliphatic rings. The second-order valence-corrected chi connectivity index (χ2v) is 7.62. The van der Waals surface area contributed by atoms with Crippen LogP contribution < -0.4 is 5.32 Å². The highest BCUT2D eigenvalue weighted by Gasteiger charge is 2.42. The third-order valence-corrected chi connectivity index (χ3v) is 5.64. The van der Waals surface area contributed by atoms with Crippen molar-refractivity contribution in [1.82, 2.24) is 10.2 Å². The molecule has 0 aromatic carbocycles. The predicted octanol–water partition coefficient (Wildman–Crippen LogP) is 0.647. The summed E-state index contributed by atoms with van der Waals surface area (Å²) in [6.45, 7) is 0.999. The summed E-state index contributed by atoms with van der Waals surface area (Å²) < 4.78 is 61.2. The van der Waals surface area contributed by atoms with Gasteiger partial charge in [0.25, 0.3) is 0 Å². The van der Waals surface area contributed by atoms with Gasteiger partial charge in [0, 0.05) is 32.2 Å². The van der Waals surface area contributed by atoms with Gasteiger partial charge in [0.05, 0.1) is 17.4 Å². The summed E-state index contributed by atoms with van der Waals surface area (Å²) in [7, 11) is -2.97. The zero-order valence-corrected chi connectivity index (χ0v) is 11.4. The largest absolute Gasteiger partial charge is 0.394 e. The molecular weight excluding hydrogens is 281 g/mol. The SMILES string of the molecule is O=S1(=O)CCC(N2CCNCC(C(F)(F)F)C2)CC1. The minimum absolute atomic E-state index is 0.0266. The van der Waals surface area contributed by atoms with Gasteiger partial charge in [-0.3, -0.25) is 4.90 Å². The Hall–Kier alpha value is -0.340. The fourth-order valence-electron chi connectivity index (χ4n) is 2.73. The zero-order valence-electron chi connectivity index (χ0n) is 10.6. The molecule has 19 heavy (non-hydrogen) atoms. The number of halogens is 3. The summed E-state index contributed by atoms with van der Waals surface area (Å²) in [5.41, 5.74) is 0. The van der Waals surface area contributed by atoms with Crippen molar-refractivity contribution in [2.75, 3.05) is 37.7 Å². The number of nitrogens with zero attached hydrogens (tertiary/aromatic N) is 1. The Morgan fingerprint density at radius 1 is 1.16 bits per heavy atom. The highest BCUT2D eigenvalue weighted by molar-refractivity contribution is 7.91. The van der Waals surface area contributed by atoms with Crippen molar-refractivity contribution in [2.24, 2.45) is 5.92 Å². The molecule has 2 aliphatic heterocycles. The van der Waals surface area contributed by atoms with Crippen molar-refractivity contribution in [3.05, 3.63) is 0 Å². The van der Waals surface area contributed by atoms with Gasteiger partial charge in [0.1, 0.15) is 9.84 Å². The number of nitrogens with one attached hydrogen (secondary N) is 1. The van der Waals surface area contributed by atoms with E-state index in [4.69, 9.17) is 0 Å². The van der Waals surface area contributed by atoms with Gasteiger partial charge in [-0.25, -0.2) is 8.42 Å². The standard InChI is InChI=1S/C11H19F3N2O2S/c12-11(13,14)9-7-15-3-4-16(8-9)10-1-5-19(17,18)6-2-10/h9-10,15H,1-8H2. The summed E-state index contributed by atoms with van der Waals surface area (Å²) in [4.78, 5) is 1.81. The summed E-state index contributed by atoms with van der Waals surface area (Å²) in [5.74, 6) is -1.18. The van der Waals surface area contributed by atoms with Crippen LogP contribution in [0.2, 0.25) is 0 Å². The lowest BCUT2D eigenvalue weighted by Gasteiger charge is -2.35. The average molecular weight is 300 g/mol. The van der Waals surface area contributed by atoms with Crippen molar-refractivity contribution in [3.63, 3.8) is 0 Å². The van der Waals surface area contributed by atoms with Crippen LogP contribution in [-0.4, -0.2) is 63.2 Å². The molecule has 112 valence electrons. The summed E-state index contributed by atoms with van der Waals surface area (Å²) in [6.07, 6.45) is -3.30. The molecule has 2 fully saturated rings. The van der Waals surface area contributed by atoms with Crippen LogP contribution in [0.1, 0.15) is 12.8 Å². The Labute approximate surface area is 111 Å². The fraction of sp³-hybridized carbons (Fsp3) is 1.00. The van der Waals surface area contributed by atoms with Crippen LogP contribution in [0.5, 0.6) is 0 Å². The van der Waals surface area contributed by atoms with Gasteiger partial charge in [-0.1, -0.05) is 0 Å². The van der Waals surface area contributed by atoms with Gasteiger partial charge in [0.15, 0.2) is 0 Å². The molecule has 0 aromatic rings. The Kier molecular flexibility index (Phi) is 4.42. The normalized spacial score (nSPS) is 31.0. The number of alkyl halides is 3. The van der Waals surface area contributed by atoms with Gasteiger partial charge in [0.2, 0.25) is 0 Å². The minimum atomic E-state index is -4.20. The molecular formula is C11H19F3N2O2S. The van der Waals surface area contributed by atoms with Crippen molar-refractivity contribution in [1.29, 1.82) is 0 Å². The number of hydrogen-bond donors (Lipinski definition) is 1. The van der Waals surface area contributed by atoms with Crippen LogP contribution in [0.15, 0.2) is 0 Å². The smallest absolute Gasteiger partial charge is 0.315 e. The molecule has 0 saturated carbocycles. The van der Waals surface area contributed by atoms with Gasteiger partial charge >= 0.3 is 6.18 Å². The van der Waals surface area contributed by atoms with E-state index in [0.29, 0.717) is 25.9 Å². The first-order valence-corrected chi connectivity index (χ1v) is 8.32. The molecule has 1 unspecified atom stereocenters. The summed E-state index contributed by atoms with van der Waals surface area (Å²) in [6, 6.07) is -0.0340. The van der Waals surface area contributed by atoms with E-state index in [0.717, 1.165) is 0 Å². The van der Waals surface area contributed by atoms with Gasteiger partial charge in [-0.2, -0.15) is 13.2 Å². The molecule has 0 aromatic heterocycles. The van der Waals surface area contributed by atoms with Crippen molar-refractivity contribution < 1.29 is 21.6 Å². The maximum atomic E-state index is 12.8. The molecule has 0 radical (unpaired) electrons. The van der Waals surface area contributed by atoms with Crippen molar-refractivity contribution >= 4 is 9.84 Å². The predicted molar refractivity (Wildman–Crippen MR) is 65.7 cm³/mol. The van der Waals surface area contributed by atoms with E-state index in [1.165, 1.54) is 0 Å². The first kappa shape index (κ1) is 15.1. The molecule has 0 aliphatic carbocycles. The van der Waals surface area contributed by atoms with Crippen LogP contribution in [0.25, 0.3) is 0 Å². The molecule has 1 N–H and O–H groups in total. The van der Waals surface area contributed by atoms with Gasteiger partial charge < -0.3 is 5.32 Å². The van der Waals surface area contributed by atoms with E-state index in [1.54, 1.807) is 0 Å². The Morgan fingerprint density at radius 3 is 2.37 bits per heavy atom. The van der Waals surface area contributed by atoms with E-state index < -0.39 is 21.9 Å². The Morgan fingerprint density at radius 2 is 1.79 bits per heavy atom. The highest BCUT2D eigenvalue weighted by Crippen LogP contribution is 2.29. The Balaban J connectivity index is 1.99. The van der Waals surface area contributed by atoms with E-state index in [2.05, 4.69) is 5.32 Å². The lowest BCUT2D eigenvalue weighted by Crippen LogP contribution is -2.46. The molecule has 1 atom stereocenters. The maximum Gasteiger partial charge on any atom is 0.394 e. The number of hydrogen-bond acceptors (Lipinski definition) is 4. The molecule has 2 rings (SSSR count). The second kappa shape index (κ2) is 5.57. The van der Waals surface area contributed by atoms with Crippen LogP contribution in [0.3, 0.4) is 0 Å². The lowest BCUT2D eigenvalue weighted by molar-refractivity contribution is -0.177. The quantitative estimate of drug-likeness (QED) is 0.772. The van der Waals surface area contributed by atoms with Crippen molar-refractivity contribution in [2.45, 2.75) is 25.1 Å². The van der Waals surface area contributed by atoms with E-state index >= 15 is 0 Å². The minimum Gasteiger partial charge on any atom is -0.315 e. The average Bonchev–Trinajstić information content (AvgIpc) is 2.54. The van der Waals surface area contributed by atoms with Crippen LogP contribution in [0.4, 0.5) is 13.2 Å². The van der Waals surface area contributed by atoms with E-state index in [9.17, 15) is 21.6 Å². The third kappa shape index (κ3) is 4.06. The molecule has 0 amide bonds. The van der Waals surface area contributed by atoms with Crippen LogP contribution >= 0.6 is 0 Å². The highest BCUT2D eigenvalue weighted by atomic mass is 32.2. The third-order valence-electron chi connectivity index (χ3n) is 3.92. The molecule has 0 spiro atoms. The number of sulfone groups is 1. The Bertz CT molecular complexity index is 397. The van der Waals surface area contributed by atoms with E-state index in [-0.39, 0.29) is 30.6 Å². The van der Waals surface area contributed by atoms with Gasteiger partial charge in [-0.05, 0) is 12.8 Å². The zero-order chi connectivity index (χ0) is 14.1. The van der Waals surface area contributed by atoms with Crippen LogP contribution in [-0.2, 0) is 9.84 Å². The maximum absolute atomic E-state index is 12.8. The van der Waals surface area contributed by atoms with Crippen LogP contribution in [0, 0.1) is 5.92 Å². The molecule has 2 heterocycles. The number of rotatable bonds is 1. The summed E-state index contributed by atoms with van der Waals surface area (Å²) >= 11 is 0. The topological polar surface area (TPSA) is 49.4 Å². The van der Waals surface area contributed by atoms with Crippen molar-refractivity contribution in [3.8, 4) is 0 Å². The van der Waals surface area contributed by atoms with E-state index in [1.807, 2.05) is 4.90 Å². The molecule has 2 saturated heterocycles. The fourth-order valence-corrected chi connectivity index (χ4v) is 4.20. The van der Waals surface area contributed by atoms with Gasteiger partial charge in [-0.15, -0.1) is 0 Å². The first-order valence-electron chi connectivity index (χ1n) is 6.50. The summed E-state index contributed by atoms with van der Waals surface area (Å²) in [5, 5.41) is 2.81.